The number of rotatable bonds is 3. The molecule has 0 saturated carbocycles. The highest BCUT2D eigenvalue weighted by molar-refractivity contribution is 7.98. The van der Waals surface area contributed by atoms with Gasteiger partial charge in [-0.25, -0.2) is 0 Å². The number of benzene rings is 2. The lowest BCUT2D eigenvalue weighted by molar-refractivity contribution is -0.118. The molecule has 1 unspecified atom stereocenters. The predicted molar refractivity (Wildman–Crippen MR) is 108 cm³/mol. The number of nitrogens with zero attached hydrogens (tertiary/aromatic N) is 2. The summed E-state index contributed by atoms with van der Waals surface area (Å²) in [5, 5.41) is 0. The smallest absolute Gasteiger partial charge is 0.288 e. The fraction of sp³-hybridized carbons (Fsp3) is 0.200. The van der Waals surface area contributed by atoms with Crippen LogP contribution in [0.4, 0.5) is 11.5 Å². The number of thiazole rings is 1. The predicted octanol–water partition coefficient (Wildman–Crippen LogP) is 4.37. The van der Waals surface area contributed by atoms with Crippen molar-refractivity contribution in [1.29, 1.82) is 0 Å². The van der Waals surface area contributed by atoms with Crippen LogP contribution in [0, 0.1) is 0 Å². The van der Waals surface area contributed by atoms with E-state index in [0.717, 1.165) is 16.1 Å². The number of para-hydroxylation sites is 1. The van der Waals surface area contributed by atoms with Gasteiger partial charge in [0.15, 0.2) is 0 Å². The summed E-state index contributed by atoms with van der Waals surface area (Å²) in [7, 11) is 1.74. The molecular formula is C20H18N2O2S2. The Morgan fingerprint density at radius 2 is 1.73 bits per heavy atom. The van der Waals surface area contributed by atoms with Crippen LogP contribution in [0.15, 0.2) is 64.3 Å². The maximum atomic E-state index is 13.0. The third-order valence-corrected chi connectivity index (χ3v) is 6.58. The second-order valence-electron chi connectivity index (χ2n) is 6.21. The number of thioether (sulfide) groups is 1. The quantitative estimate of drug-likeness (QED) is 0.632. The van der Waals surface area contributed by atoms with E-state index in [1.165, 1.54) is 16.2 Å². The Morgan fingerprint density at radius 1 is 1.04 bits per heavy atom. The first-order valence-corrected chi connectivity index (χ1v) is 10.4. The molecule has 6 heteroatoms. The molecule has 0 saturated heterocycles. The van der Waals surface area contributed by atoms with E-state index < -0.39 is 0 Å². The van der Waals surface area contributed by atoms with Crippen molar-refractivity contribution in [3.05, 3.63) is 74.7 Å². The van der Waals surface area contributed by atoms with Gasteiger partial charge in [0.1, 0.15) is 5.82 Å². The molecule has 2 aromatic carbocycles. The number of anilines is 2. The Kier molecular flexibility index (Phi) is 4.46. The van der Waals surface area contributed by atoms with Gasteiger partial charge in [0.25, 0.3) is 0 Å². The monoisotopic (exact) mass is 382 g/mol. The molecule has 4 rings (SSSR count). The topological polar surface area (TPSA) is 42.3 Å². The lowest BCUT2D eigenvalue weighted by Crippen LogP contribution is -2.34. The van der Waals surface area contributed by atoms with Gasteiger partial charge in [0, 0.05) is 24.3 Å². The fourth-order valence-electron chi connectivity index (χ4n) is 3.37. The van der Waals surface area contributed by atoms with Gasteiger partial charge in [-0.05, 0) is 36.1 Å². The summed E-state index contributed by atoms with van der Waals surface area (Å²) in [6.45, 7) is 0. The second-order valence-corrected chi connectivity index (χ2v) is 8.08. The molecule has 0 radical (unpaired) electrons. The first kappa shape index (κ1) is 17.1. The number of carbonyl (C=O) groups is 1. The van der Waals surface area contributed by atoms with Crippen molar-refractivity contribution in [2.45, 2.75) is 17.2 Å². The average Bonchev–Trinajstić information content (AvgIpc) is 2.97. The Bertz CT molecular complexity index is 1010. The molecule has 1 aliphatic rings. The van der Waals surface area contributed by atoms with Crippen LogP contribution < -0.4 is 9.77 Å². The third kappa shape index (κ3) is 2.79. The number of carbonyl (C=O) groups excluding carboxylic acids is 1. The maximum absolute atomic E-state index is 13.0. The summed E-state index contributed by atoms with van der Waals surface area (Å²) in [5.41, 5.74) is 1.87. The molecule has 1 atom stereocenters. The zero-order chi connectivity index (χ0) is 18.3. The van der Waals surface area contributed by atoms with Gasteiger partial charge in [-0.3, -0.25) is 19.1 Å². The number of aromatic nitrogens is 1. The molecule has 26 heavy (non-hydrogen) atoms. The lowest BCUT2D eigenvalue weighted by Gasteiger charge is -2.32. The SMILES string of the molecule is CSc1ccc(C2CC(=O)N(c3ccccc3)c3c2sc(=O)n3C)cc1. The zero-order valence-electron chi connectivity index (χ0n) is 14.5. The minimum absolute atomic E-state index is 0.0102. The van der Waals surface area contributed by atoms with Crippen LogP contribution in [0.1, 0.15) is 22.8 Å². The molecule has 0 bridgehead atoms. The summed E-state index contributed by atoms with van der Waals surface area (Å²) in [6, 6.07) is 17.8. The molecule has 0 fully saturated rings. The van der Waals surface area contributed by atoms with Crippen LogP contribution in [0.3, 0.4) is 0 Å². The van der Waals surface area contributed by atoms with Crippen LogP contribution in [-0.4, -0.2) is 16.7 Å². The molecule has 1 amide bonds. The molecule has 1 aromatic heterocycles. The van der Waals surface area contributed by atoms with Crippen molar-refractivity contribution >= 4 is 40.5 Å². The summed E-state index contributed by atoms with van der Waals surface area (Å²) < 4.78 is 1.59. The average molecular weight is 383 g/mol. The van der Waals surface area contributed by atoms with Crippen LogP contribution in [0.25, 0.3) is 0 Å². The molecule has 4 nitrogen and oxygen atoms in total. The molecule has 1 aliphatic heterocycles. The highest BCUT2D eigenvalue weighted by atomic mass is 32.2. The summed E-state index contributed by atoms with van der Waals surface area (Å²) in [4.78, 5) is 29.2. The van der Waals surface area contributed by atoms with Crippen LogP contribution >= 0.6 is 23.1 Å². The van der Waals surface area contributed by atoms with Crippen molar-refractivity contribution in [3.8, 4) is 0 Å². The number of fused-ring (bicyclic) bond motifs is 1. The standard InChI is InChI=1S/C20H18N2O2S2/c1-21-19-18(26-20(21)24)16(13-8-10-15(25-2)11-9-13)12-17(23)22(19)14-6-4-3-5-7-14/h3-11,16H,12H2,1-2H3. The highest BCUT2D eigenvalue weighted by Crippen LogP contribution is 2.44. The van der Waals surface area contributed by atoms with Gasteiger partial charge in [-0.1, -0.05) is 41.7 Å². The largest absolute Gasteiger partial charge is 0.308 e. The van der Waals surface area contributed by atoms with E-state index in [1.807, 2.05) is 36.6 Å². The van der Waals surface area contributed by atoms with Crippen molar-refractivity contribution in [1.82, 2.24) is 4.57 Å². The van der Waals surface area contributed by atoms with E-state index >= 15 is 0 Å². The minimum Gasteiger partial charge on any atom is -0.288 e. The first-order chi connectivity index (χ1) is 12.6. The molecule has 3 aromatic rings. The van der Waals surface area contributed by atoms with Gasteiger partial charge in [-0.2, -0.15) is 0 Å². The van der Waals surface area contributed by atoms with Crippen molar-refractivity contribution < 1.29 is 4.79 Å². The van der Waals surface area contributed by atoms with Crippen LogP contribution in [0.2, 0.25) is 0 Å². The zero-order valence-corrected chi connectivity index (χ0v) is 16.1. The van der Waals surface area contributed by atoms with Crippen molar-refractivity contribution in [2.75, 3.05) is 11.2 Å². The lowest BCUT2D eigenvalue weighted by atomic mass is 9.90. The van der Waals surface area contributed by atoms with Crippen molar-refractivity contribution in [3.63, 3.8) is 0 Å². The number of amides is 1. The van der Waals surface area contributed by atoms with Crippen LogP contribution in [0.5, 0.6) is 0 Å². The normalized spacial score (nSPS) is 16.6. The summed E-state index contributed by atoms with van der Waals surface area (Å²) >= 11 is 2.93. The Morgan fingerprint density at radius 3 is 2.38 bits per heavy atom. The number of hydrogen-bond acceptors (Lipinski definition) is 4. The van der Waals surface area contributed by atoms with E-state index in [9.17, 15) is 9.59 Å². The van der Waals surface area contributed by atoms with Gasteiger partial charge in [-0.15, -0.1) is 11.8 Å². The third-order valence-electron chi connectivity index (χ3n) is 4.70. The van der Waals surface area contributed by atoms with E-state index in [2.05, 4.69) is 24.3 Å². The molecular weight excluding hydrogens is 364 g/mol. The van der Waals surface area contributed by atoms with E-state index in [-0.39, 0.29) is 16.7 Å². The highest BCUT2D eigenvalue weighted by Gasteiger charge is 2.37. The molecule has 0 N–H and O–H groups in total. The van der Waals surface area contributed by atoms with Crippen molar-refractivity contribution in [2.24, 2.45) is 7.05 Å². The number of hydrogen-bond donors (Lipinski definition) is 0. The van der Waals surface area contributed by atoms with Gasteiger partial charge >= 0.3 is 4.87 Å². The first-order valence-electron chi connectivity index (χ1n) is 8.32. The van der Waals surface area contributed by atoms with Crippen LogP contribution in [-0.2, 0) is 11.8 Å². The Labute approximate surface area is 160 Å². The summed E-state index contributed by atoms with van der Waals surface area (Å²) in [6.07, 6.45) is 2.40. The van der Waals surface area contributed by atoms with E-state index in [1.54, 1.807) is 28.3 Å². The fourth-order valence-corrected chi connectivity index (χ4v) is 4.87. The Balaban J connectivity index is 1.86. The van der Waals surface area contributed by atoms with Gasteiger partial charge < -0.3 is 0 Å². The maximum Gasteiger partial charge on any atom is 0.308 e. The molecule has 0 spiro atoms. The second kappa shape index (κ2) is 6.78. The molecule has 0 aliphatic carbocycles. The Hall–Kier alpha value is -2.31. The van der Waals surface area contributed by atoms with E-state index in [0.29, 0.717) is 12.2 Å². The van der Waals surface area contributed by atoms with Gasteiger partial charge in [0.2, 0.25) is 5.91 Å². The molecule has 132 valence electrons. The minimum atomic E-state index is -0.0766. The molecule has 2 heterocycles. The summed E-state index contributed by atoms with van der Waals surface area (Å²) in [5.74, 6) is 0.629. The van der Waals surface area contributed by atoms with Gasteiger partial charge in [0.05, 0.1) is 10.6 Å². The van der Waals surface area contributed by atoms with E-state index in [4.69, 9.17) is 0 Å².